The number of nitrogens with zero attached hydrogens (tertiary/aromatic N) is 1. The maximum Gasteiger partial charge on any atom is 0.238 e. The van der Waals surface area contributed by atoms with E-state index in [2.05, 4.69) is 28.9 Å². The number of anilines is 3. The van der Waals surface area contributed by atoms with Crippen LogP contribution in [0.5, 0.6) is 0 Å². The molecular weight excluding hydrogens is 505 g/mol. The van der Waals surface area contributed by atoms with Gasteiger partial charge in [0.1, 0.15) is 11.1 Å². The summed E-state index contributed by atoms with van der Waals surface area (Å²) in [5, 5.41) is 20.2. The number of fused-ring (bicyclic) bond motifs is 1. The van der Waals surface area contributed by atoms with E-state index < -0.39 is 0 Å². The number of carbonyl (C=O) groups excluding carboxylic acids is 1. The Hall–Kier alpha value is -2.86. The van der Waals surface area contributed by atoms with Gasteiger partial charge in [-0.15, -0.1) is 23.1 Å². The Morgan fingerprint density at radius 3 is 2.67 bits per heavy atom. The van der Waals surface area contributed by atoms with E-state index >= 15 is 0 Å². The highest BCUT2D eigenvalue weighted by Crippen LogP contribution is 2.39. The fraction of sp³-hybridized carbons (Fsp3) is 0.321. The van der Waals surface area contributed by atoms with E-state index in [1.165, 1.54) is 22.2 Å². The lowest BCUT2D eigenvalue weighted by Gasteiger charge is -2.17. The molecule has 0 saturated carbocycles. The van der Waals surface area contributed by atoms with Gasteiger partial charge in [0, 0.05) is 21.1 Å². The van der Waals surface area contributed by atoms with Gasteiger partial charge in [-0.2, -0.15) is 5.26 Å². The minimum Gasteiger partial charge on any atom is -0.332 e. The number of nitrogens with one attached hydrogen (secondary N) is 3. The van der Waals surface area contributed by atoms with Gasteiger partial charge in [0.2, 0.25) is 5.91 Å². The largest absolute Gasteiger partial charge is 0.332 e. The number of carbonyl (C=O) groups is 1. The monoisotopic (exact) mass is 534 g/mol. The van der Waals surface area contributed by atoms with Crippen LogP contribution in [-0.2, 0) is 17.6 Å². The minimum atomic E-state index is -0.275. The van der Waals surface area contributed by atoms with E-state index in [9.17, 15) is 10.1 Å². The van der Waals surface area contributed by atoms with Gasteiger partial charge in [0.05, 0.1) is 10.8 Å². The number of hydrogen-bond acceptors (Lipinski definition) is 5. The topological polar surface area (TPSA) is 76.9 Å². The third-order valence-corrected chi connectivity index (χ3v) is 8.94. The summed E-state index contributed by atoms with van der Waals surface area (Å²) in [5.74, 6) is 0.548. The van der Waals surface area contributed by atoms with Crippen molar-refractivity contribution in [3.05, 3.63) is 70.1 Å². The second-order valence-electron chi connectivity index (χ2n) is 9.14. The molecule has 0 saturated heterocycles. The van der Waals surface area contributed by atoms with Crippen LogP contribution in [-0.4, -0.2) is 16.3 Å². The van der Waals surface area contributed by atoms with Crippen molar-refractivity contribution in [2.75, 3.05) is 16.0 Å². The molecular formula is C28H30N4OS3. The van der Waals surface area contributed by atoms with Crippen molar-refractivity contribution in [1.29, 1.82) is 5.26 Å². The van der Waals surface area contributed by atoms with Crippen LogP contribution in [0.15, 0.2) is 53.4 Å². The minimum absolute atomic E-state index is 0.0689. The van der Waals surface area contributed by atoms with E-state index in [-0.39, 0.29) is 11.2 Å². The number of hydrogen-bond donors (Lipinski definition) is 3. The second kappa shape index (κ2) is 11.9. The maximum atomic E-state index is 13.2. The van der Waals surface area contributed by atoms with Gasteiger partial charge >= 0.3 is 0 Å². The van der Waals surface area contributed by atoms with Gasteiger partial charge in [0.25, 0.3) is 0 Å². The van der Waals surface area contributed by atoms with Crippen molar-refractivity contribution < 1.29 is 4.79 Å². The molecule has 2 atom stereocenters. The first-order chi connectivity index (χ1) is 17.4. The van der Waals surface area contributed by atoms with E-state index in [0.717, 1.165) is 41.1 Å². The third kappa shape index (κ3) is 6.47. The average Bonchev–Trinajstić information content (AvgIpc) is 3.19. The number of thioether (sulfide) groups is 1. The quantitative estimate of drug-likeness (QED) is 0.217. The number of nitriles is 1. The zero-order valence-electron chi connectivity index (χ0n) is 20.7. The fourth-order valence-corrected chi connectivity index (χ4v) is 6.83. The Balaban J connectivity index is 1.40. The molecule has 0 aliphatic heterocycles. The molecule has 3 aromatic rings. The number of rotatable bonds is 7. The van der Waals surface area contributed by atoms with Crippen LogP contribution in [0.2, 0.25) is 0 Å². The molecule has 1 amide bonds. The molecule has 2 aromatic carbocycles. The molecule has 0 bridgehead atoms. The van der Waals surface area contributed by atoms with Crippen LogP contribution in [0.25, 0.3) is 0 Å². The second-order valence-corrected chi connectivity index (χ2v) is 11.9. The molecule has 8 heteroatoms. The van der Waals surface area contributed by atoms with Gasteiger partial charge in [-0.1, -0.05) is 37.6 Å². The van der Waals surface area contributed by atoms with Crippen LogP contribution < -0.4 is 16.0 Å². The van der Waals surface area contributed by atoms with Gasteiger partial charge < -0.3 is 16.0 Å². The first-order valence-corrected chi connectivity index (χ1v) is 14.2. The number of benzene rings is 2. The van der Waals surface area contributed by atoms with Crippen molar-refractivity contribution in [3.8, 4) is 6.07 Å². The molecule has 0 spiro atoms. The van der Waals surface area contributed by atoms with E-state index in [1.807, 2.05) is 62.4 Å². The molecule has 1 aliphatic rings. The Kier molecular flexibility index (Phi) is 8.68. The lowest BCUT2D eigenvalue weighted by Crippen LogP contribution is -2.24. The SMILES string of the molecule is CCC(Sc1cccc(NC(=S)Nc2ccc(C)cc2)c1)C(=O)Nc1sc2c(c1C#N)CCC(C)C2. The molecule has 1 aliphatic carbocycles. The molecule has 0 radical (unpaired) electrons. The number of aryl methyl sites for hydroxylation is 1. The van der Waals surface area contributed by atoms with Crippen molar-refractivity contribution >= 4 is 62.7 Å². The van der Waals surface area contributed by atoms with Crippen LogP contribution in [0.1, 0.15) is 48.3 Å². The Morgan fingerprint density at radius 1 is 1.19 bits per heavy atom. The molecule has 4 rings (SSSR count). The summed E-state index contributed by atoms with van der Waals surface area (Å²) in [4.78, 5) is 15.4. The Bertz CT molecular complexity index is 1290. The van der Waals surface area contributed by atoms with Gasteiger partial charge in [-0.05, 0) is 86.6 Å². The van der Waals surface area contributed by atoms with Gasteiger partial charge in [-0.3, -0.25) is 4.79 Å². The van der Waals surface area contributed by atoms with Gasteiger partial charge in [0.15, 0.2) is 5.11 Å². The Labute approximate surface area is 226 Å². The fourth-order valence-electron chi connectivity index (χ4n) is 4.21. The summed E-state index contributed by atoms with van der Waals surface area (Å²) in [6.07, 6.45) is 3.66. The maximum absolute atomic E-state index is 13.2. The highest BCUT2D eigenvalue weighted by atomic mass is 32.2. The predicted octanol–water partition coefficient (Wildman–Crippen LogP) is 7.37. The van der Waals surface area contributed by atoms with Crippen LogP contribution in [0.3, 0.4) is 0 Å². The number of thiophene rings is 1. The zero-order chi connectivity index (χ0) is 25.7. The zero-order valence-corrected chi connectivity index (χ0v) is 23.1. The average molecular weight is 535 g/mol. The highest BCUT2D eigenvalue weighted by molar-refractivity contribution is 8.00. The first-order valence-electron chi connectivity index (χ1n) is 12.1. The van der Waals surface area contributed by atoms with E-state index in [1.54, 1.807) is 11.3 Å². The molecule has 1 aromatic heterocycles. The smallest absolute Gasteiger partial charge is 0.238 e. The normalized spacial score (nSPS) is 15.3. The number of amides is 1. The highest BCUT2D eigenvalue weighted by Gasteiger charge is 2.26. The summed E-state index contributed by atoms with van der Waals surface area (Å²) in [5.41, 5.74) is 4.75. The lowest BCUT2D eigenvalue weighted by atomic mass is 9.88. The van der Waals surface area contributed by atoms with Crippen molar-refractivity contribution in [2.24, 2.45) is 5.92 Å². The molecule has 0 fully saturated rings. The summed E-state index contributed by atoms with van der Waals surface area (Å²) < 4.78 is 0. The van der Waals surface area contributed by atoms with Crippen LogP contribution >= 0.6 is 35.3 Å². The first kappa shape index (κ1) is 26.2. The Morgan fingerprint density at radius 2 is 1.94 bits per heavy atom. The van der Waals surface area contributed by atoms with E-state index in [0.29, 0.717) is 28.0 Å². The standard InChI is InChI=1S/C28H30N4OS3/c1-4-24(26(33)32-27-23(16-29)22-13-10-18(3)14-25(22)36-27)35-21-7-5-6-20(15-21)31-28(34)30-19-11-8-17(2)9-12-19/h5-9,11-12,15,18,24H,4,10,13-14H2,1-3H3,(H,32,33)(H2,30,31,34). The molecule has 36 heavy (non-hydrogen) atoms. The number of thiocarbonyl (C=S) groups is 1. The van der Waals surface area contributed by atoms with Crippen molar-refractivity contribution in [1.82, 2.24) is 0 Å². The van der Waals surface area contributed by atoms with Crippen LogP contribution in [0, 0.1) is 24.2 Å². The lowest BCUT2D eigenvalue weighted by molar-refractivity contribution is -0.115. The molecule has 5 nitrogen and oxygen atoms in total. The summed E-state index contributed by atoms with van der Waals surface area (Å²) in [7, 11) is 0. The van der Waals surface area contributed by atoms with Crippen molar-refractivity contribution in [3.63, 3.8) is 0 Å². The molecule has 1 heterocycles. The molecule has 3 N–H and O–H groups in total. The third-order valence-electron chi connectivity index (χ3n) is 6.20. The van der Waals surface area contributed by atoms with Gasteiger partial charge in [-0.25, -0.2) is 0 Å². The summed E-state index contributed by atoms with van der Waals surface area (Å²) >= 11 is 8.55. The summed E-state index contributed by atoms with van der Waals surface area (Å²) in [6.45, 7) is 6.29. The van der Waals surface area contributed by atoms with Crippen molar-refractivity contribution in [2.45, 2.75) is 56.6 Å². The molecule has 186 valence electrons. The molecule has 2 unspecified atom stereocenters. The predicted molar refractivity (Wildman–Crippen MR) is 156 cm³/mol. The summed E-state index contributed by atoms with van der Waals surface area (Å²) in [6, 6.07) is 18.3. The van der Waals surface area contributed by atoms with Crippen LogP contribution in [0.4, 0.5) is 16.4 Å². The van der Waals surface area contributed by atoms with E-state index in [4.69, 9.17) is 12.2 Å².